The van der Waals surface area contributed by atoms with Crippen LogP contribution in [0.1, 0.15) is 11.3 Å². The van der Waals surface area contributed by atoms with Gasteiger partial charge < -0.3 is 5.32 Å². The normalized spacial score (nSPS) is 11.7. The molecule has 1 amide bonds. The molecule has 7 nitrogen and oxygen atoms in total. The van der Waals surface area contributed by atoms with Crippen LogP contribution >= 0.6 is 0 Å². The second-order valence-electron chi connectivity index (χ2n) is 7.94. The van der Waals surface area contributed by atoms with E-state index in [1.807, 2.05) is 6.07 Å². The Morgan fingerprint density at radius 1 is 0.973 bits per heavy atom. The summed E-state index contributed by atoms with van der Waals surface area (Å²) in [5, 5.41) is 14.8. The number of nitrogens with zero attached hydrogens (tertiary/aromatic N) is 3. The average Bonchev–Trinajstić information content (AvgIpc) is 3.35. The highest BCUT2D eigenvalue weighted by Gasteiger charge is 2.34. The first-order valence-electron chi connectivity index (χ1n) is 10.5. The number of alkyl halides is 3. The summed E-state index contributed by atoms with van der Waals surface area (Å²) >= 11 is 0. The number of hydrogen-bond acceptors (Lipinski definition) is 5. The summed E-state index contributed by atoms with van der Waals surface area (Å²) in [7, 11) is -3.65. The van der Waals surface area contributed by atoms with Gasteiger partial charge in [0.1, 0.15) is 5.82 Å². The predicted octanol–water partition coefficient (Wildman–Crippen LogP) is 5.73. The number of nitriles is 1. The maximum Gasteiger partial charge on any atom is 0.435 e. The number of sulfone groups is 1. The molecule has 1 aromatic heterocycles. The molecule has 0 fully saturated rings. The monoisotopic (exact) mass is 528 g/mol. The van der Waals surface area contributed by atoms with Crippen LogP contribution in [-0.4, -0.2) is 30.5 Å². The summed E-state index contributed by atoms with van der Waals surface area (Å²) in [4.78, 5) is 12.5. The molecule has 4 rings (SSSR count). The molecule has 0 bridgehead atoms. The number of rotatable bonds is 4. The molecular weight excluding hydrogens is 512 g/mol. The van der Waals surface area contributed by atoms with Gasteiger partial charge in [0.25, 0.3) is 0 Å². The highest BCUT2D eigenvalue weighted by atomic mass is 32.2. The predicted molar refractivity (Wildman–Crippen MR) is 127 cm³/mol. The van der Waals surface area contributed by atoms with E-state index in [0.717, 1.165) is 18.5 Å². The fourth-order valence-corrected chi connectivity index (χ4v) is 4.15. The molecular formula is C25H16F4N4O3S. The Balaban J connectivity index is 1.78. The molecule has 0 atom stereocenters. The highest BCUT2D eigenvalue weighted by molar-refractivity contribution is 7.90. The molecule has 0 aliphatic carbocycles. The lowest BCUT2D eigenvalue weighted by molar-refractivity contribution is -0.141. The maximum absolute atomic E-state index is 14.8. The molecule has 0 unspecified atom stereocenters. The smallest absolute Gasteiger partial charge is 0.305 e. The Hall–Kier alpha value is -4.50. The van der Waals surface area contributed by atoms with Crippen molar-refractivity contribution in [3.05, 3.63) is 90.0 Å². The van der Waals surface area contributed by atoms with E-state index in [1.54, 1.807) is 30.3 Å². The van der Waals surface area contributed by atoms with Crippen molar-refractivity contribution in [2.45, 2.75) is 11.1 Å². The first-order chi connectivity index (χ1) is 17.4. The van der Waals surface area contributed by atoms with E-state index in [1.165, 1.54) is 24.3 Å². The van der Waals surface area contributed by atoms with Crippen molar-refractivity contribution in [3.8, 4) is 28.3 Å². The molecule has 0 radical (unpaired) electrons. The van der Waals surface area contributed by atoms with Crippen LogP contribution in [0.3, 0.4) is 0 Å². The SMILES string of the molecule is CS(=O)(=O)c1ccc(-c2ccc(-c3ccc(C#N)cc3)c(NC(=O)n3ccc(C(F)(F)F)n3)c2)c(F)c1. The van der Waals surface area contributed by atoms with Crippen molar-refractivity contribution in [2.24, 2.45) is 0 Å². The number of nitrogens with one attached hydrogen (secondary N) is 1. The van der Waals surface area contributed by atoms with E-state index in [-0.39, 0.29) is 21.7 Å². The third-order valence-electron chi connectivity index (χ3n) is 5.35. The van der Waals surface area contributed by atoms with Gasteiger partial charge in [-0.05, 0) is 47.5 Å². The molecule has 188 valence electrons. The van der Waals surface area contributed by atoms with Gasteiger partial charge in [0.2, 0.25) is 0 Å². The van der Waals surface area contributed by atoms with Gasteiger partial charge in [0.15, 0.2) is 15.5 Å². The number of amides is 1. The number of anilines is 1. The molecule has 0 spiro atoms. The van der Waals surface area contributed by atoms with Crippen molar-refractivity contribution >= 4 is 21.6 Å². The zero-order valence-electron chi connectivity index (χ0n) is 18.9. The van der Waals surface area contributed by atoms with Gasteiger partial charge in [-0.25, -0.2) is 17.6 Å². The zero-order valence-corrected chi connectivity index (χ0v) is 19.7. The Bertz CT molecular complexity index is 1650. The Morgan fingerprint density at radius 2 is 1.62 bits per heavy atom. The van der Waals surface area contributed by atoms with Crippen LogP contribution in [0.2, 0.25) is 0 Å². The van der Waals surface area contributed by atoms with E-state index in [9.17, 15) is 30.8 Å². The van der Waals surface area contributed by atoms with E-state index in [0.29, 0.717) is 27.4 Å². The minimum absolute atomic E-state index is 0.0349. The van der Waals surface area contributed by atoms with Crippen LogP contribution in [0.15, 0.2) is 77.8 Å². The Morgan fingerprint density at radius 3 is 2.19 bits per heavy atom. The van der Waals surface area contributed by atoms with Crippen molar-refractivity contribution < 1.29 is 30.8 Å². The summed E-state index contributed by atoms with van der Waals surface area (Å²) in [6.45, 7) is 0. The van der Waals surface area contributed by atoms with Crippen LogP contribution < -0.4 is 5.32 Å². The highest BCUT2D eigenvalue weighted by Crippen LogP contribution is 2.35. The van der Waals surface area contributed by atoms with Crippen LogP contribution in [0.5, 0.6) is 0 Å². The lowest BCUT2D eigenvalue weighted by Gasteiger charge is -2.14. The lowest BCUT2D eigenvalue weighted by Crippen LogP contribution is -2.21. The fraction of sp³-hybridized carbons (Fsp3) is 0.0800. The average molecular weight is 528 g/mol. The number of hydrogen-bond donors (Lipinski definition) is 1. The van der Waals surface area contributed by atoms with Crippen LogP contribution in [-0.2, 0) is 16.0 Å². The van der Waals surface area contributed by atoms with Gasteiger partial charge in [-0.2, -0.15) is 28.2 Å². The molecule has 0 aliphatic heterocycles. The Kier molecular flexibility index (Phi) is 6.58. The molecule has 12 heteroatoms. The van der Waals surface area contributed by atoms with E-state index in [2.05, 4.69) is 10.4 Å². The minimum atomic E-state index is -4.74. The number of benzene rings is 3. The van der Waals surface area contributed by atoms with E-state index < -0.39 is 33.6 Å². The number of carbonyl (C=O) groups is 1. The first kappa shape index (κ1) is 25.6. The molecule has 1 N–H and O–H groups in total. The Labute approximate surface area is 208 Å². The molecule has 0 saturated heterocycles. The largest absolute Gasteiger partial charge is 0.435 e. The topological polar surface area (TPSA) is 105 Å². The molecule has 37 heavy (non-hydrogen) atoms. The van der Waals surface area contributed by atoms with E-state index >= 15 is 0 Å². The summed E-state index contributed by atoms with van der Waals surface area (Å²) in [5.41, 5.74) is 0.535. The summed E-state index contributed by atoms with van der Waals surface area (Å²) in [5.74, 6) is -0.826. The molecule has 4 aromatic rings. The molecule has 0 aliphatic rings. The summed E-state index contributed by atoms with van der Waals surface area (Å²) in [6.07, 6.45) is -2.94. The minimum Gasteiger partial charge on any atom is -0.305 e. The zero-order chi connectivity index (χ0) is 27.0. The van der Waals surface area contributed by atoms with Crippen LogP contribution in [0.25, 0.3) is 22.3 Å². The van der Waals surface area contributed by atoms with Crippen molar-refractivity contribution in [3.63, 3.8) is 0 Å². The van der Waals surface area contributed by atoms with Crippen molar-refractivity contribution in [2.75, 3.05) is 11.6 Å². The van der Waals surface area contributed by atoms with Gasteiger partial charge in [-0.1, -0.05) is 30.3 Å². The number of halogens is 4. The standard InChI is InChI=1S/C25H16F4N4O3S/c1-37(35,36)18-7-9-19(21(26)13-18)17-6-8-20(16-4-2-15(14-30)3-5-16)22(12-17)31-24(34)33-11-10-23(32-33)25(27,28)29/h2-13H,1H3,(H,31,34). The fourth-order valence-electron chi connectivity index (χ4n) is 3.51. The molecule has 0 saturated carbocycles. The third kappa shape index (κ3) is 5.52. The number of carbonyl (C=O) groups excluding carboxylic acids is 1. The molecule has 3 aromatic carbocycles. The maximum atomic E-state index is 14.8. The first-order valence-corrected chi connectivity index (χ1v) is 12.3. The van der Waals surface area contributed by atoms with Crippen LogP contribution in [0, 0.1) is 17.1 Å². The van der Waals surface area contributed by atoms with Gasteiger partial charge in [-0.15, -0.1) is 0 Å². The van der Waals surface area contributed by atoms with Crippen molar-refractivity contribution in [1.29, 1.82) is 5.26 Å². The van der Waals surface area contributed by atoms with Gasteiger partial charge in [-0.3, -0.25) is 0 Å². The van der Waals surface area contributed by atoms with E-state index in [4.69, 9.17) is 5.26 Å². The summed E-state index contributed by atoms with van der Waals surface area (Å²) < 4.78 is 77.6. The lowest BCUT2D eigenvalue weighted by atomic mass is 9.97. The summed E-state index contributed by atoms with van der Waals surface area (Å²) in [6, 6.07) is 15.8. The third-order valence-corrected chi connectivity index (χ3v) is 6.46. The quantitative estimate of drug-likeness (QED) is 0.341. The second-order valence-corrected chi connectivity index (χ2v) is 9.95. The van der Waals surface area contributed by atoms with Crippen LogP contribution in [0.4, 0.5) is 28.0 Å². The van der Waals surface area contributed by atoms with Gasteiger partial charge in [0.05, 0.1) is 22.2 Å². The van der Waals surface area contributed by atoms with Gasteiger partial charge in [0, 0.05) is 23.6 Å². The second kappa shape index (κ2) is 9.51. The van der Waals surface area contributed by atoms with Crippen molar-refractivity contribution in [1.82, 2.24) is 9.78 Å². The molecule has 1 heterocycles. The van der Waals surface area contributed by atoms with Gasteiger partial charge >= 0.3 is 12.2 Å². The number of aromatic nitrogens is 2.